The van der Waals surface area contributed by atoms with Gasteiger partial charge in [0, 0.05) is 18.5 Å². The molecule has 2 atom stereocenters. The highest BCUT2D eigenvalue weighted by Gasteiger charge is 2.21. The lowest BCUT2D eigenvalue weighted by molar-refractivity contribution is -0.112. The number of piperidine rings is 1. The van der Waals surface area contributed by atoms with Gasteiger partial charge in [0.05, 0.1) is 0 Å². The van der Waals surface area contributed by atoms with Crippen LogP contribution in [0.15, 0.2) is 0 Å². The van der Waals surface area contributed by atoms with E-state index in [1.54, 1.807) is 0 Å². The van der Waals surface area contributed by atoms with Gasteiger partial charge in [0.15, 0.2) is 0 Å². The van der Waals surface area contributed by atoms with Crippen molar-refractivity contribution >= 4 is 6.29 Å². The van der Waals surface area contributed by atoms with E-state index in [0.717, 1.165) is 19.3 Å². The summed E-state index contributed by atoms with van der Waals surface area (Å²) in [5, 5.41) is 0. The minimum absolute atomic E-state index is 0.293. The molecule has 58 valence electrons. The molecule has 1 saturated heterocycles. The van der Waals surface area contributed by atoms with Crippen LogP contribution in [-0.2, 0) is 4.79 Å². The van der Waals surface area contributed by atoms with E-state index in [4.69, 9.17) is 0 Å². The summed E-state index contributed by atoms with van der Waals surface area (Å²) in [6.07, 6.45) is 3.33. The van der Waals surface area contributed by atoms with Gasteiger partial charge in [-0.1, -0.05) is 0 Å². The van der Waals surface area contributed by atoms with Crippen molar-refractivity contribution in [2.24, 2.45) is 5.92 Å². The maximum absolute atomic E-state index is 10.4. The van der Waals surface area contributed by atoms with Crippen LogP contribution in [0.25, 0.3) is 0 Å². The molecule has 0 bridgehead atoms. The number of nitrogens with zero attached hydrogens (tertiary/aromatic N) is 1. The first-order chi connectivity index (χ1) is 4.74. The van der Waals surface area contributed by atoms with E-state index in [-0.39, 0.29) is 0 Å². The van der Waals surface area contributed by atoms with E-state index in [0.29, 0.717) is 12.0 Å². The minimum atomic E-state index is 0.293. The Bertz CT molecular complexity index is 124. The first-order valence-corrected chi connectivity index (χ1v) is 3.89. The summed E-state index contributed by atoms with van der Waals surface area (Å²) in [6.45, 7) is 3.16. The van der Waals surface area contributed by atoms with Crippen LogP contribution in [0.5, 0.6) is 0 Å². The standard InChI is InChI=1S/C8H15NO/c1-7-3-4-8(6-10)5-9(7)2/h6-8H,3-5H2,1-2H3/t7-,8-/m1/s1. The topological polar surface area (TPSA) is 20.3 Å². The zero-order chi connectivity index (χ0) is 7.56. The second-order valence-electron chi connectivity index (χ2n) is 3.26. The van der Waals surface area contributed by atoms with Crippen molar-refractivity contribution in [2.45, 2.75) is 25.8 Å². The van der Waals surface area contributed by atoms with Gasteiger partial charge < -0.3 is 9.69 Å². The Morgan fingerprint density at radius 3 is 2.70 bits per heavy atom. The molecule has 1 aliphatic heterocycles. The number of hydrogen-bond acceptors (Lipinski definition) is 2. The second-order valence-corrected chi connectivity index (χ2v) is 3.26. The van der Waals surface area contributed by atoms with Gasteiger partial charge in [-0.3, -0.25) is 0 Å². The Morgan fingerprint density at radius 2 is 2.20 bits per heavy atom. The molecule has 0 spiro atoms. The highest BCUT2D eigenvalue weighted by Crippen LogP contribution is 2.17. The van der Waals surface area contributed by atoms with Crippen LogP contribution >= 0.6 is 0 Å². The molecule has 1 fully saturated rings. The van der Waals surface area contributed by atoms with Gasteiger partial charge in [0.25, 0.3) is 0 Å². The first kappa shape index (κ1) is 7.73. The van der Waals surface area contributed by atoms with Crippen LogP contribution in [0.3, 0.4) is 0 Å². The number of carbonyl (C=O) groups is 1. The Morgan fingerprint density at radius 1 is 1.50 bits per heavy atom. The molecule has 0 aromatic carbocycles. The van der Waals surface area contributed by atoms with Crippen molar-refractivity contribution in [3.8, 4) is 0 Å². The third-order valence-electron chi connectivity index (χ3n) is 2.42. The monoisotopic (exact) mass is 141 g/mol. The Hall–Kier alpha value is -0.370. The lowest BCUT2D eigenvalue weighted by atomic mass is 9.95. The summed E-state index contributed by atoms with van der Waals surface area (Å²) in [5.74, 6) is 0.293. The molecule has 2 nitrogen and oxygen atoms in total. The fourth-order valence-electron chi connectivity index (χ4n) is 1.43. The molecular weight excluding hydrogens is 126 g/mol. The number of aldehydes is 1. The Kier molecular flexibility index (Phi) is 2.44. The van der Waals surface area contributed by atoms with Gasteiger partial charge in [-0.25, -0.2) is 0 Å². The largest absolute Gasteiger partial charge is 0.303 e. The van der Waals surface area contributed by atoms with E-state index < -0.39 is 0 Å². The lowest BCUT2D eigenvalue weighted by Crippen LogP contribution is -2.39. The van der Waals surface area contributed by atoms with Crippen molar-refractivity contribution < 1.29 is 4.79 Å². The summed E-state index contributed by atoms with van der Waals surface area (Å²) >= 11 is 0. The van der Waals surface area contributed by atoms with Crippen LogP contribution in [-0.4, -0.2) is 30.8 Å². The zero-order valence-electron chi connectivity index (χ0n) is 6.71. The number of carbonyl (C=O) groups excluding carboxylic acids is 1. The number of rotatable bonds is 1. The highest BCUT2D eigenvalue weighted by atomic mass is 16.1. The smallest absolute Gasteiger partial charge is 0.124 e. The summed E-state index contributed by atoms with van der Waals surface area (Å²) < 4.78 is 0. The number of hydrogen-bond donors (Lipinski definition) is 0. The summed E-state index contributed by atoms with van der Waals surface area (Å²) in [5.41, 5.74) is 0. The molecule has 0 radical (unpaired) electrons. The van der Waals surface area contributed by atoms with Gasteiger partial charge in [0.2, 0.25) is 0 Å². The van der Waals surface area contributed by atoms with Crippen LogP contribution in [0.2, 0.25) is 0 Å². The van der Waals surface area contributed by atoms with Crippen LogP contribution in [0.1, 0.15) is 19.8 Å². The average Bonchev–Trinajstić information content (AvgIpc) is 1.95. The highest BCUT2D eigenvalue weighted by molar-refractivity contribution is 5.53. The van der Waals surface area contributed by atoms with Crippen molar-refractivity contribution in [2.75, 3.05) is 13.6 Å². The number of likely N-dealkylation sites (tertiary alicyclic amines) is 1. The third kappa shape index (κ3) is 1.57. The van der Waals surface area contributed by atoms with Gasteiger partial charge >= 0.3 is 0 Å². The fraction of sp³-hybridized carbons (Fsp3) is 0.875. The van der Waals surface area contributed by atoms with Gasteiger partial charge in [0.1, 0.15) is 6.29 Å². The first-order valence-electron chi connectivity index (χ1n) is 3.89. The Balaban J connectivity index is 2.40. The summed E-state index contributed by atoms with van der Waals surface area (Å²) in [4.78, 5) is 12.6. The van der Waals surface area contributed by atoms with Crippen LogP contribution in [0, 0.1) is 5.92 Å². The normalized spacial score (nSPS) is 35.8. The van der Waals surface area contributed by atoms with Gasteiger partial charge in [-0.15, -0.1) is 0 Å². The Labute approximate surface area is 62.2 Å². The molecule has 0 aliphatic carbocycles. The summed E-state index contributed by atoms with van der Waals surface area (Å²) in [6, 6.07) is 0.663. The van der Waals surface area contributed by atoms with E-state index >= 15 is 0 Å². The van der Waals surface area contributed by atoms with E-state index in [1.807, 2.05) is 0 Å². The minimum Gasteiger partial charge on any atom is -0.303 e. The molecule has 0 aromatic heterocycles. The maximum Gasteiger partial charge on any atom is 0.124 e. The van der Waals surface area contributed by atoms with E-state index in [2.05, 4.69) is 18.9 Å². The summed E-state index contributed by atoms with van der Waals surface area (Å²) in [7, 11) is 2.08. The van der Waals surface area contributed by atoms with Gasteiger partial charge in [-0.05, 0) is 26.8 Å². The van der Waals surface area contributed by atoms with Crippen LogP contribution < -0.4 is 0 Å². The molecule has 0 amide bonds. The molecule has 0 aromatic rings. The predicted octanol–water partition coefficient (Wildman–Crippen LogP) is 0.916. The van der Waals surface area contributed by atoms with Crippen molar-refractivity contribution in [1.82, 2.24) is 4.90 Å². The molecule has 2 heteroatoms. The van der Waals surface area contributed by atoms with E-state index in [1.165, 1.54) is 6.42 Å². The van der Waals surface area contributed by atoms with Crippen LogP contribution in [0.4, 0.5) is 0 Å². The predicted molar refractivity (Wildman–Crippen MR) is 40.9 cm³/mol. The zero-order valence-corrected chi connectivity index (χ0v) is 6.71. The quantitative estimate of drug-likeness (QED) is 0.506. The third-order valence-corrected chi connectivity index (χ3v) is 2.42. The molecular formula is C8H15NO. The molecule has 0 unspecified atom stereocenters. The average molecular weight is 141 g/mol. The second kappa shape index (κ2) is 3.15. The fourth-order valence-corrected chi connectivity index (χ4v) is 1.43. The molecule has 1 aliphatic rings. The molecule has 1 rings (SSSR count). The van der Waals surface area contributed by atoms with Gasteiger partial charge in [-0.2, -0.15) is 0 Å². The maximum atomic E-state index is 10.4. The molecule has 10 heavy (non-hydrogen) atoms. The lowest BCUT2D eigenvalue weighted by Gasteiger charge is -2.32. The molecule has 1 heterocycles. The van der Waals surface area contributed by atoms with Crippen molar-refractivity contribution in [3.63, 3.8) is 0 Å². The van der Waals surface area contributed by atoms with E-state index in [9.17, 15) is 4.79 Å². The SMILES string of the molecule is C[C@@H]1CC[C@@H](C=O)CN1C. The van der Waals surface area contributed by atoms with Crippen molar-refractivity contribution in [1.29, 1.82) is 0 Å². The molecule has 0 N–H and O–H groups in total. The van der Waals surface area contributed by atoms with Crippen molar-refractivity contribution in [3.05, 3.63) is 0 Å². The molecule has 0 saturated carbocycles.